The lowest BCUT2D eigenvalue weighted by Gasteiger charge is -2.31. The Labute approximate surface area is 128 Å². The van der Waals surface area contributed by atoms with Gasteiger partial charge in [-0.25, -0.2) is 0 Å². The van der Waals surface area contributed by atoms with Crippen LogP contribution in [0.1, 0.15) is 44.4 Å². The van der Waals surface area contributed by atoms with Crippen LogP contribution in [-0.4, -0.2) is 34.1 Å². The molecule has 112 valence electrons. The summed E-state index contributed by atoms with van der Waals surface area (Å²) in [4.78, 5) is 14.0. The van der Waals surface area contributed by atoms with E-state index in [9.17, 15) is 4.79 Å². The summed E-state index contributed by atoms with van der Waals surface area (Å²) in [6.07, 6.45) is 3.51. The Kier molecular flexibility index (Phi) is 4.34. The molecule has 1 aliphatic heterocycles. The fraction of sp³-hybridized carbons (Fsp3) is 0.533. The van der Waals surface area contributed by atoms with Gasteiger partial charge in [-0.3, -0.25) is 4.79 Å². The van der Waals surface area contributed by atoms with Crippen LogP contribution >= 0.6 is 11.3 Å². The van der Waals surface area contributed by atoms with Crippen molar-refractivity contribution in [3.63, 3.8) is 0 Å². The first-order chi connectivity index (χ1) is 10.3. The van der Waals surface area contributed by atoms with Crippen LogP contribution < -0.4 is 0 Å². The third-order valence-corrected chi connectivity index (χ3v) is 4.48. The van der Waals surface area contributed by atoms with Crippen LogP contribution in [0.5, 0.6) is 0 Å². The van der Waals surface area contributed by atoms with Gasteiger partial charge >= 0.3 is 0 Å². The van der Waals surface area contributed by atoms with Crippen molar-refractivity contribution in [2.24, 2.45) is 0 Å². The van der Waals surface area contributed by atoms with Crippen LogP contribution in [0.25, 0.3) is 11.5 Å². The molecule has 2 aromatic heterocycles. The number of likely N-dealkylation sites (tertiary alicyclic amines) is 1. The average molecular weight is 305 g/mol. The maximum atomic E-state index is 12.0. The summed E-state index contributed by atoms with van der Waals surface area (Å²) in [6.45, 7) is 3.58. The lowest BCUT2D eigenvalue weighted by atomic mass is 9.97. The zero-order chi connectivity index (χ0) is 14.7. The first-order valence-electron chi connectivity index (χ1n) is 7.41. The number of carbonyl (C=O) groups excluding carboxylic acids is 1. The minimum Gasteiger partial charge on any atom is -0.420 e. The van der Waals surface area contributed by atoms with Gasteiger partial charge in [0.15, 0.2) is 0 Å². The number of piperidine rings is 1. The third-order valence-electron chi connectivity index (χ3n) is 3.80. The van der Waals surface area contributed by atoms with Gasteiger partial charge in [0.25, 0.3) is 0 Å². The summed E-state index contributed by atoms with van der Waals surface area (Å²) in [6, 6.07) is 1.97. The zero-order valence-corrected chi connectivity index (χ0v) is 12.9. The Balaban J connectivity index is 1.70. The van der Waals surface area contributed by atoms with Crippen LogP contribution in [0.2, 0.25) is 0 Å². The standard InChI is InChI=1S/C15H19N3O2S/c1-2-4-13(19)18-7-3-5-11(9-18)14-16-17-15(20-14)12-6-8-21-10-12/h6,8,10-11H,2-5,7,9H2,1H3. The maximum absolute atomic E-state index is 12.0. The number of aromatic nitrogens is 2. The Bertz CT molecular complexity index is 594. The molecular formula is C15H19N3O2S. The van der Waals surface area contributed by atoms with Crippen LogP contribution in [-0.2, 0) is 4.79 Å². The second kappa shape index (κ2) is 6.39. The second-order valence-electron chi connectivity index (χ2n) is 5.39. The van der Waals surface area contributed by atoms with Gasteiger partial charge in [0.2, 0.25) is 17.7 Å². The van der Waals surface area contributed by atoms with E-state index in [1.807, 2.05) is 28.7 Å². The van der Waals surface area contributed by atoms with Crippen molar-refractivity contribution in [3.8, 4) is 11.5 Å². The average Bonchev–Trinajstić information content (AvgIpc) is 3.18. The Hall–Kier alpha value is -1.69. The molecule has 0 aromatic carbocycles. The molecule has 5 nitrogen and oxygen atoms in total. The predicted molar refractivity (Wildman–Crippen MR) is 81.1 cm³/mol. The number of hydrogen-bond donors (Lipinski definition) is 0. The largest absolute Gasteiger partial charge is 0.420 e. The van der Waals surface area contributed by atoms with Crippen LogP contribution in [0.15, 0.2) is 21.2 Å². The van der Waals surface area contributed by atoms with E-state index >= 15 is 0 Å². The zero-order valence-electron chi connectivity index (χ0n) is 12.1. The normalized spacial score (nSPS) is 18.9. The SMILES string of the molecule is CCCC(=O)N1CCCC(c2nnc(-c3ccsc3)o2)C1. The van der Waals surface area contributed by atoms with E-state index in [-0.39, 0.29) is 11.8 Å². The molecule has 1 atom stereocenters. The van der Waals surface area contributed by atoms with Gasteiger partial charge in [0, 0.05) is 30.5 Å². The molecule has 2 aromatic rings. The summed E-state index contributed by atoms with van der Waals surface area (Å²) < 4.78 is 5.80. The fourth-order valence-corrected chi connectivity index (χ4v) is 3.31. The summed E-state index contributed by atoms with van der Waals surface area (Å²) in [5, 5.41) is 12.3. The number of thiophene rings is 1. The molecule has 1 saturated heterocycles. The topological polar surface area (TPSA) is 59.2 Å². The van der Waals surface area contributed by atoms with E-state index in [1.165, 1.54) is 0 Å². The molecule has 1 fully saturated rings. The minimum atomic E-state index is 0.166. The molecular weight excluding hydrogens is 286 g/mol. The molecule has 21 heavy (non-hydrogen) atoms. The molecule has 3 heterocycles. The molecule has 3 rings (SSSR count). The molecule has 6 heteroatoms. The molecule has 1 amide bonds. The van der Waals surface area contributed by atoms with Crippen LogP contribution in [0.3, 0.4) is 0 Å². The number of rotatable bonds is 4. The first-order valence-corrected chi connectivity index (χ1v) is 8.36. The van der Waals surface area contributed by atoms with Crippen molar-refractivity contribution >= 4 is 17.2 Å². The van der Waals surface area contributed by atoms with Crippen LogP contribution in [0, 0.1) is 0 Å². The monoisotopic (exact) mass is 305 g/mol. The summed E-state index contributed by atoms with van der Waals surface area (Å²) in [5.41, 5.74) is 0.966. The van der Waals surface area contributed by atoms with Crippen LogP contribution in [0.4, 0.5) is 0 Å². The number of amides is 1. The van der Waals surface area contributed by atoms with Crippen molar-refractivity contribution < 1.29 is 9.21 Å². The molecule has 1 aliphatic rings. The van der Waals surface area contributed by atoms with E-state index in [0.29, 0.717) is 24.7 Å². The van der Waals surface area contributed by atoms with Gasteiger partial charge in [0.05, 0.1) is 5.92 Å². The van der Waals surface area contributed by atoms with Gasteiger partial charge in [-0.15, -0.1) is 10.2 Å². The first kappa shape index (κ1) is 14.3. The second-order valence-corrected chi connectivity index (χ2v) is 6.17. The summed E-state index contributed by atoms with van der Waals surface area (Å²) >= 11 is 1.61. The highest BCUT2D eigenvalue weighted by Crippen LogP contribution is 2.29. The van der Waals surface area contributed by atoms with Gasteiger partial charge in [-0.2, -0.15) is 11.3 Å². The number of hydrogen-bond acceptors (Lipinski definition) is 5. The Morgan fingerprint density at radius 3 is 3.19 bits per heavy atom. The van der Waals surface area contributed by atoms with Gasteiger partial charge in [-0.05, 0) is 30.7 Å². The van der Waals surface area contributed by atoms with E-state index in [1.54, 1.807) is 11.3 Å². The van der Waals surface area contributed by atoms with Gasteiger partial charge < -0.3 is 9.32 Å². The number of nitrogens with zero attached hydrogens (tertiary/aromatic N) is 3. The van der Waals surface area contributed by atoms with Crippen molar-refractivity contribution in [3.05, 3.63) is 22.7 Å². The minimum absolute atomic E-state index is 0.166. The molecule has 0 spiro atoms. The molecule has 0 bridgehead atoms. The van der Waals surface area contributed by atoms with Crippen molar-refractivity contribution in [2.75, 3.05) is 13.1 Å². The Morgan fingerprint density at radius 2 is 2.43 bits per heavy atom. The van der Waals surface area contributed by atoms with E-state index < -0.39 is 0 Å². The maximum Gasteiger partial charge on any atom is 0.248 e. The third kappa shape index (κ3) is 3.15. The highest BCUT2D eigenvalue weighted by atomic mass is 32.1. The summed E-state index contributed by atoms with van der Waals surface area (Å²) in [5.74, 6) is 1.63. The molecule has 0 aliphatic carbocycles. The quantitative estimate of drug-likeness (QED) is 0.869. The summed E-state index contributed by atoms with van der Waals surface area (Å²) in [7, 11) is 0. The van der Waals surface area contributed by atoms with Crippen molar-refractivity contribution in [1.29, 1.82) is 0 Å². The van der Waals surface area contributed by atoms with Crippen molar-refractivity contribution in [2.45, 2.75) is 38.5 Å². The van der Waals surface area contributed by atoms with Gasteiger partial charge in [-0.1, -0.05) is 6.92 Å². The highest BCUT2D eigenvalue weighted by Gasteiger charge is 2.28. The van der Waals surface area contributed by atoms with E-state index in [2.05, 4.69) is 10.2 Å². The molecule has 0 radical (unpaired) electrons. The molecule has 1 unspecified atom stereocenters. The smallest absolute Gasteiger partial charge is 0.248 e. The van der Waals surface area contributed by atoms with E-state index in [4.69, 9.17) is 4.42 Å². The molecule has 0 N–H and O–H groups in total. The lowest BCUT2D eigenvalue weighted by Crippen LogP contribution is -2.39. The predicted octanol–water partition coefficient (Wildman–Crippen LogP) is 3.30. The molecule has 0 saturated carbocycles. The number of carbonyl (C=O) groups is 1. The Morgan fingerprint density at radius 1 is 1.52 bits per heavy atom. The van der Waals surface area contributed by atoms with E-state index in [0.717, 1.165) is 31.4 Å². The highest BCUT2D eigenvalue weighted by molar-refractivity contribution is 7.08. The van der Waals surface area contributed by atoms with Gasteiger partial charge in [0.1, 0.15) is 0 Å². The van der Waals surface area contributed by atoms with Crippen molar-refractivity contribution in [1.82, 2.24) is 15.1 Å². The lowest BCUT2D eigenvalue weighted by molar-refractivity contribution is -0.132. The fourth-order valence-electron chi connectivity index (χ4n) is 2.68.